The van der Waals surface area contributed by atoms with Crippen molar-refractivity contribution in [2.45, 2.75) is 13.8 Å². The Hall–Kier alpha value is -3.16. The first kappa shape index (κ1) is 18.6. The summed E-state index contributed by atoms with van der Waals surface area (Å²) in [6.45, 7) is 5.43. The van der Waals surface area contributed by atoms with Crippen molar-refractivity contribution >= 4 is 23.5 Å². The van der Waals surface area contributed by atoms with Crippen molar-refractivity contribution in [1.29, 1.82) is 0 Å². The first-order chi connectivity index (χ1) is 13.0. The Morgan fingerprint density at radius 3 is 2.41 bits per heavy atom. The van der Waals surface area contributed by atoms with Gasteiger partial charge in [-0.3, -0.25) is 9.59 Å². The predicted molar refractivity (Wildman–Crippen MR) is 101 cm³/mol. The number of amides is 2. The van der Waals surface area contributed by atoms with Gasteiger partial charge in [0.1, 0.15) is 11.4 Å². The van der Waals surface area contributed by atoms with Crippen LogP contribution in [0, 0.1) is 6.92 Å². The zero-order valence-corrected chi connectivity index (χ0v) is 15.7. The molecule has 2 aromatic rings. The van der Waals surface area contributed by atoms with Crippen LogP contribution in [-0.2, 0) is 4.79 Å². The maximum Gasteiger partial charge on any atom is 0.272 e. The molecule has 0 radical (unpaired) electrons. The number of piperazine rings is 1. The number of carbonyl (C=O) groups excluding carboxylic acids is 2. The Bertz CT molecular complexity index is 847. The van der Waals surface area contributed by atoms with Gasteiger partial charge < -0.3 is 19.9 Å². The minimum atomic E-state index is -0.160. The number of nitrogens with zero attached hydrogens (tertiary/aromatic N) is 4. The fourth-order valence-corrected chi connectivity index (χ4v) is 2.99. The molecule has 2 heterocycles. The first-order valence-corrected chi connectivity index (χ1v) is 8.78. The molecule has 8 heteroatoms. The molecule has 1 aliphatic heterocycles. The molecule has 1 aromatic carbocycles. The van der Waals surface area contributed by atoms with E-state index < -0.39 is 0 Å². The summed E-state index contributed by atoms with van der Waals surface area (Å²) < 4.78 is 5.32. The van der Waals surface area contributed by atoms with Crippen LogP contribution in [-0.4, -0.2) is 64.9 Å². The number of rotatable bonds is 4. The summed E-state index contributed by atoms with van der Waals surface area (Å²) in [6.07, 6.45) is 0. The lowest BCUT2D eigenvalue weighted by atomic mass is 10.2. The van der Waals surface area contributed by atoms with Crippen LogP contribution in [0.2, 0.25) is 0 Å². The molecule has 1 aliphatic rings. The number of para-hydroxylation sites is 2. The van der Waals surface area contributed by atoms with E-state index in [4.69, 9.17) is 4.74 Å². The van der Waals surface area contributed by atoms with Crippen LogP contribution < -0.4 is 10.1 Å². The van der Waals surface area contributed by atoms with Gasteiger partial charge in [-0.05, 0) is 25.1 Å². The van der Waals surface area contributed by atoms with Crippen LogP contribution in [0.1, 0.15) is 23.1 Å². The quantitative estimate of drug-likeness (QED) is 0.885. The van der Waals surface area contributed by atoms with E-state index >= 15 is 0 Å². The van der Waals surface area contributed by atoms with Gasteiger partial charge in [0.2, 0.25) is 11.9 Å². The average molecular weight is 369 g/mol. The first-order valence-electron chi connectivity index (χ1n) is 8.78. The number of aryl methyl sites for hydroxylation is 1. The van der Waals surface area contributed by atoms with Crippen LogP contribution in [0.4, 0.5) is 11.6 Å². The number of benzene rings is 1. The topological polar surface area (TPSA) is 87.7 Å². The van der Waals surface area contributed by atoms with Crippen molar-refractivity contribution in [3.05, 3.63) is 41.7 Å². The Labute approximate surface area is 158 Å². The Morgan fingerprint density at radius 1 is 1.07 bits per heavy atom. The smallest absolute Gasteiger partial charge is 0.272 e. The van der Waals surface area contributed by atoms with Crippen LogP contribution in [0.15, 0.2) is 30.3 Å². The number of nitrogens with one attached hydrogen (secondary N) is 1. The van der Waals surface area contributed by atoms with Gasteiger partial charge in [-0.2, -0.15) is 0 Å². The molecule has 0 unspecified atom stereocenters. The third kappa shape index (κ3) is 4.33. The lowest BCUT2D eigenvalue weighted by Crippen LogP contribution is -2.50. The Morgan fingerprint density at radius 2 is 1.74 bits per heavy atom. The van der Waals surface area contributed by atoms with E-state index in [0.29, 0.717) is 49.3 Å². The van der Waals surface area contributed by atoms with Gasteiger partial charge in [0.05, 0.1) is 12.8 Å². The predicted octanol–water partition coefficient (Wildman–Crippen LogP) is 1.84. The summed E-state index contributed by atoms with van der Waals surface area (Å²) in [6, 6.07) is 9.11. The number of methoxy groups -OCH3 is 1. The fourth-order valence-electron chi connectivity index (χ4n) is 2.99. The molecule has 2 amide bonds. The molecule has 27 heavy (non-hydrogen) atoms. The molecule has 3 rings (SSSR count). The highest BCUT2D eigenvalue weighted by Crippen LogP contribution is 2.25. The summed E-state index contributed by atoms with van der Waals surface area (Å²) in [5, 5.41) is 3.11. The van der Waals surface area contributed by atoms with E-state index in [-0.39, 0.29) is 11.8 Å². The molecule has 8 nitrogen and oxygen atoms in total. The third-order valence-corrected chi connectivity index (χ3v) is 4.44. The van der Waals surface area contributed by atoms with Gasteiger partial charge in [0.25, 0.3) is 5.91 Å². The van der Waals surface area contributed by atoms with Crippen molar-refractivity contribution in [2.75, 3.05) is 38.6 Å². The number of hydrogen-bond acceptors (Lipinski definition) is 6. The molecule has 142 valence electrons. The summed E-state index contributed by atoms with van der Waals surface area (Å²) in [5.41, 5.74) is 1.74. The minimum Gasteiger partial charge on any atom is -0.495 e. The normalized spacial score (nSPS) is 14.0. The second kappa shape index (κ2) is 8.03. The van der Waals surface area contributed by atoms with Crippen molar-refractivity contribution in [3.8, 4) is 5.75 Å². The Balaban J connectivity index is 1.77. The summed E-state index contributed by atoms with van der Waals surface area (Å²) >= 11 is 0. The van der Waals surface area contributed by atoms with E-state index in [2.05, 4.69) is 15.3 Å². The second-order valence-corrected chi connectivity index (χ2v) is 6.34. The highest BCUT2D eigenvalue weighted by molar-refractivity contribution is 5.93. The zero-order valence-electron chi connectivity index (χ0n) is 15.7. The molecule has 1 saturated heterocycles. The number of carbonyl (C=O) groups is 2. The number of ether oxygens (including phenoxy) is 1. The van der Waals surface area contributed by atoms with Gasteiger partial charge in [0.15, 0.2) is 0 Å². The molecule has 0 saturated carbocycles. The zero-order chi connectivity index (χ0) is 19.4. The van der Waals surface area contributed by atoms with E-state index in [1.807, 2.05) is 31.2 Å². The van der Waals surface area contributed by atoms with E-state index in [1.54, 1.807) is 29.9 Å². The second-order valence-electron chi connectivity index (χ2n) is 6.34. The lowest BCUT2D eigenvalue weighted by Gasteiger charge is -2.34. The van der Waals surface area contributed by atoms with Crippen molar-refractivity contribution < 1.29 is 14.3 Å². The minimum absolute atomic E-state index is 0.0308. The maximum atomic E-state index is 12.8. The summed E-state index contributed by atoms with van der Waals surface area (Å²) in [7, 11) is 1.59. The number of anilines is 2. The molecule has 1 N–H and O–H groups in total. The molecule has 0 bridgehead atoms. The molecule has 0 spiro atoms. The number of hydrogen-bond donors (Lipinski definition) is 1. The van der Waals surface area contributed by atoms with Gasteiger partial charge in [0, 0.05) is 38.8 Å². The largest absolute Gasteiger partial charge is 0.495 e. The van der Waals surface area contributed by atoms with Gasteiger partial charge >= 0.3 is 0 Å². The highest BCUT2D eigenvalue weighted by Gasteiger charge is 2.24. The van der Waals surface area contributed by atoms with Crippen molar-refractivity contribution in [1.82, 2.24) is 19.8 Å². The van der Waals surface area contributed by atoms with Gasteiger partial charge in [-0.25, -0.2) is 9.97 Å². The monoisotopic (exact) mass is 369 g/mol. The highest BCUT2D eigenvalue weighted by atomic mass is 16.5. The third-order valence-electron chi connectivity index (χ3n) is 4.44. The van der Waals surface area contributed by atoms with Crippen LogP contribution in [0.25, 0.3) is 0 Å². The molecular weight excluding hydrogens is 346 g/mol. The molecule has 0 aliphatic carbocycles. The van der Waals surface area contributed by atoms with Gasteiger partial charge in [-0.1, -0.05) is 12.1 Å². The molecule has 1 aromatic heterocycles. The van der Waals surface area contributed by atoms with Crippen molar-refractivity contribution in [3.63, 3.8) is 0 Å². The fraction of sp³-hybridized carbons (Fsp3) is 0.368. The summed E-state index contributed by atoms with van der Waals surface area (Å²) in [4.78, 5) is 36.5. The van der Waals surface area contributed by atoms with Crippen LogP contribution >= 0.6 is 0 Å². The Kier molecular flexibility index (Phi) is 5.54. The summed E-state index contributed by atoms with van der Waals surface area (Å²) in [5.74, 6) is 0.871. The molecular formula is C19H23N5O3. The van der Waals surface area contributed by atoms with E-state index in [1.165, 1.54) is 0 Å². The maximum absolute atomic E-state index is 12.8. The van der Waals surface area contributed by atoms with E-state index in [0.717, 1.165) is 5.69 Å². The van der Waals surface area contributed by atoms with Gasteiger partial charge in [-0.15, -0.1) is 0 Å². The molecule has 0 atom stereocenters. The lowest BCUT2D eigenvalue weighted by molar-refractivity contribution is -0.130. The van der Waals surface area contributed by atoms with E-state index in [9.17, 15) is 9.59 Å². The SMILES string of the molecule is COc1ccccc1Nc1nc(C)cc(C(=O)N2CCN(C(C)=O)CC2)n1. The molecule has 1 fully saturated rings. The van der Waals surface area contributed by atoms with Crippen molar-refractivity contribution in [2.24, 2.45) is 0 Å². The average Bonchev–Trinajstić information content (AvgIpc) is 2.67. The standard InChI is InChI=1S/C19H23N5O3/c1-13-12-16(18(26)24-10-8-23(9-11-24)14(2)25)22-19(20-13)21-15-6-4-5-7-17(15)27-3/h4-7,12H,8-11H2,1-3H3,(H,20,21,22). The van der Waals surface area contributed by atoms with Crippen LogP contribution in [0.5, 0.6) is 5.75 Å². The number of aromatic nitrogens is 2. The van der Waals surface area contributed by atoms with Crippen LogP contribution in [0.3, 0.4) is 0 Å².